The van der Waals surface area contributed by atoms with Gasteiger partial charge >= 0.3 is 0 Å². The van der Waals surface area contributed by atoms with Crippen molar-refractivity contribution in [3.05, 3.63) is 78.0 Å². The van der Waals surface area contributed by atoms with Gasteiger partial charge in [-0.2, -0.15) is 0 Å². The summed E-state index contributed by atoms with van der Waals surface area (Å²) in [4.78, 5) is 29.7. The molecule has 0 saturated carbocycles. The Morgan fingerprint density at radius 1 is 1.04 bits per heavy atom. The van der Waals surface area contributed by atoms with Gasteiger partial charge in [-0.25, -0.2) is 15.0 Å². The van der Waals surface area contributed by atoms with Gasteiger partial charge in [0.2, 0.25) is 0 Å². The van der Waals surface area contributed by atoms with Gasteiger partial charge in [0.25, 0.3) is 0 Å². The van der Waals surface area contributed by atoms with Crippen LogP contribution in [0.2, 0.25) is 0 Å². The van der Waals surface area contributed by atoms with Crippen LogP contribution >= 0.6 is 0 Å². The Bertz CT molecular complexity index is 1100. The normalized spacial score (nSPS) is 10.9. The number of carbonyl (C=O) groups excluding carboxylic acids is 1. The number of imidazole rings is 1. The maximum Gasteiger partial charge on any atom is 0.172 e. The number of Topliss-reactive ketones (excluding diaryl/α,β-unsaturated/α-hetero) is 1. The number of nitrogens with zero attached hydrogens (tertiary/aromatic N) is 5. The van der Waals surface area contributed by atoms with E-state index in [1.54, 1.807) is 54.6 Å². The van der Waals surface area contributed by atoms with Gasteiger partial charge in [-0.1, -0.05) is 6.07 Å². The van der Waals surface area contributed by atoms with Crippen LogP contribution in [0.25, 0.3) is 5.65 Å². The molecule has 0 fully saturated rings. The summed E-state index contributed by atoms with van der Waals surface area (Å²) in [5, 5.41) is 0. The Kier molecular flexibility index (Phi) is 4.33. The number of ether oxygens (including phenoxy) is 1. The molecule has 0 aliphatic heterocycles. The van der Waals surface area contributed by atoms with E-state index in [0.29, 0.717) is 34.2 Å². The maximum absolute atomic E-state index is 12.9. The number of hydrogen-bond acceptors (Lipinski definition) is 6. The van der Waals surface area contributed by atoms with Crippen molar-refractivity contribution in [2.45, 2.75) is 20.3 Å². The van der Waals surface area contributed by atoms with E-state index in [9.17, 15) is 4.79 Å². The van der Waals surface area contributed by atoms with Crippen molar-refractivity contribution in [2.75, 3.05) is 0 Å². The minimum atomic E-state index is -0.0758. The molecule has 27 heavy (non-hydrogen) atoms. The van der Waals surface area contributed by atoms with Crippen molar-refractivity contribution in [3.63, 3.8) is 0 Å². The lowest BCUT2D eigenvalue weighted by Gasteiger charge is -2.09. The molecule has 0 aromatic carbocycles. The van der Waals surface area contributed by atoms with Crippen LogP contribution in [0.1, 0.15) is 27.4 Å². The fourth-order valence-electron chi connectivity index (χ4n) is 2.70. The van der Waals surface area contributed by atoms with Crippen LogP contribution < -0.4 is 4.74 Å². The summed E-state index contributed by atoms with van der Waals surface area (Å²) in [7, 11) is 0. The Hall–Kier alpha value is -3.61. The highest BCUT2D eigenvalue weighted by molar-refractivity contribution is 6.02. The number of aryl methyl sites for hydroxylation is 2. The summed E-state index contributed by atoms with van der Waals surface area (Å²) in [6, 6.07) is 5.50. The molecule has 0 amide bonds. The molecule has 4 aromatic rings. The van der Waals surface area contributed by atoms with Crippen LogP contribution in [-0.4, -0.2) is 30.1 Å². The van der Waals surface area contributed by atoms with E-state index < -0.39 is 0 Å². The van der Waals surface area contributed by atoms with E-state index in [2.05, 4.69) is 19.9 Å². The quantitative estimate of drug-likeness (QED) is 0.508. The summed E-state index contributed by atoms with van der Waals surface area (Å²) in [6.45, 7) is 3.76. The second-order valence-corrected chi connectivity index (χ2v) is 6.24. The van der Waals surface area contributed by atoms with E-state index >= 15 is 0 Å². The fourth-order valence-corrected chi connectivity index (χ4v) is 2.70. The summed E-state index contributed by atoms with van der Waals surface area (Å²) < 4.78 is 7.59. The lowest BCUT2D eigenvalue weighted by atomic mass is 10.1. The molecule has 4 heterocycles. The van der Waals surface area contributed by atoms with Gasteiger partial charge in [0.05, 0.1) is 30.6 Å². The lowest BCUT2D eigenvalue weighted by molar-refractivity contribution is 0.0992. The van der Waals surface area contributed by atoms with Gasteiger partial charge < -0.3 is 9.14 Å². The average molecular weight is 359 g/mol. The van der Waals surface area contributed by atoms with Crippen molar-refractivity contribution in [1.82, 2.24) is 24.3 Å². The summed E-state index contributed by atoms with van der Waals surface area (Å²) in [5.74, 6) is 1.59. The number of aromatic nitrogens is 5. The summed E-state index contributed by atoms with van der Waals surface area (Å²) in [6.07, 6.45) is 10.3. The van der Waals surface area contributed by atoms with Crippen molar-refractivity contribution in [2.24, 2.45) is 0 Å². The van der Waals surface area contributed by atoms with E-state index in [0.717, 1.165) is 5.56 Å². The maximum atomic E-state index is 12.9. The van der Waals surface area contributed by atoms with Crippen LogP contribution in [0.3, 0.4) is 0 Å². The molecule has 0 atom stereocenters. The molecule has 134 valence electrons. The van der Waals surface area contributed by atoms with Crippen molar-refractivity contribution in [3.8, 4) is 11.5 Å². The molecule has 4 rings (SSSR count). The van der Waals surface area contributed by atoms with Crippen molar-refractivity contribution in [1.29, 1.82) is 0 Å². The Morgan fingerprint density at radius 2 is 1.85 bits per heavy atom. The van der Waals surface area contributed by atoms with E-state index in [1.165, 1.54) is 0 Å². The Balaban J connectivity index is 1.66. The second-order valence-electron chi connectivity index (χ2n) is 6.24. The number of hydrogen-bond donors (Lipinski definition) is 0. The number of ketones is 1. The van der Waals surface area contributed by atoms with Gasteiger partial charge in [0.15, 0.2) is 11.5 Å². The molecule has 0 unspecified atom stereocenters. The third kappa shape index (κ3) is 3.67. The van der Waals surface area contributed by atoms with E-state index in [4.69, 9.17) is 4.74 Å². The van der Waals surface area contributed by atoms with Crippen molar-refractivity contribution >= 4 is 11.4 Å². The average Bonchev–Trinajstić information content (AvgIpc) is 3.13. The zero-order chi connectivity index (χ0) is 18.8. The number of fused-ring (bicyclic) bond motifs is 1. The van der Waals surface area contributed by atoms with Crippen molar-refractivity contribution < 1.29 is 9.53 Å². The van der Waals surface area contributed by atoms with E-state index in [-0.39, 0.29) is 12.2 Å². The van der Waals surface area contributed by atoms with Gasteiger partial charge in [-0.3, -0.25) is 9.78 Å². The molecule has 7 heteroatoms. The Labute approximate surface area is 155 Å². The first kappa shape index (κ1) is 16.8. The fraction of sp³-hybridized carbons (Fsp3) is 0.150. The zero-order valence-corrected chi connectivity index (χ0v) is 15.0. The molecular weight excluding hydrogens is 342 g/mol. The molecular formula is C20H17N5O2. The molecule has 0 aliphatic rings. The third-order valence-corrected chi connectivity index (χ3v) is 4.07. The molecule has 4 aromatic heterocycles. The highest BCUT2D eigenvalue weighted by atomic mass is 16.5. The molecule has 0 aliphatic carbocycles. The highest BCUT2D eigenvalue weighted by Gasteiger charge is 2.16. The molecule has 0 N–H and O–H groups in total. The first-order valence-electron chi connectivity index (χ1n) is 8.46. The minimum absolute atomic E-state index is 0.0758. The van der Waals surface area contributed by atoms with Crippen LogP contribution in [0.15, 0.2) is 55.4 Å². The van der Waals surface area contributed by atoms with Crippen LogP contribution in [-0.2, 0) is 6.42 Å². The largest absolute Gasteiger partial charge is 0.453 e. The van der Waals surface area contributed by atoms with Crippen LogP contribution in [0.4, 0.5) is 0 Å². The summed E-state index contributed by atoms with van der Waals surface area (Å²) >= 11 is 0. The topological polar surface area (TPSA) is 82.3 Å². The first-order chi connectivity index (χ1) is 13.1. The molecule has 7 nitrogen and oxygen atoms in total. The monoisotopic (exact) mass is 359 g/mol. The number of carbonyl (C=O) groups is 1. The minimum Gasteiger partial charge on any atom is -0.453 e. The van der Waals surface area contributed by atoms with Gasteiger partial charge in [0, 0.05) is 24.3 Å². The third-order valence-electron chi connectivity index (χ3n) is 4.07. The molecule has 0 bridgehead atoms. The number of pyridine rings is 2. The first-order valence-corrected chi connectivity index (χ1v) is 8.46. The standard InChI is InChI=1S/C20H17N5O2/c1-13-3-4-15(24-9-13)7-19(26)18-8-16(12-25-6-5-21-20(18)25)27-17-10-22-14(2)23-11-17/h3-6,8-12H,7H2,1-2H3. The molecule has 0 spiro atoms. The predicted octanol–water partition coefficient (Wildman–Crippen LogP) is 3.35. The number of rotatable bonds is 5. The van der Waals surface area contributed by atoms with Gasteiger partial charge in [0.1, 0.15) is 17.2 Å². The smallest absolute Gasteiger partial charge is 0.172 e. The zero-order valence-electron chi connectivity index (χ0n) is 15.0. The highest BCUT2D eigenvalue weighted by Crippen LogP contribution is 2.24. The SMILES string of the molecule is Cc1ccc(CC(=O)c2cc(Oc3cnc(C)nc3)cn3ccnc23)nc1. The Morgan fingerprint density at radius 3 is 2.59 bits per heavy atom. The summed E-state index contributed by atoms with van der Waals surface area (Å²) in [5.41, 5.74) is 2.83. The molecule has 0 radical (unpaired) electrons. The second kappa shape index (κ2) is 6.95. The van der Waals surface area contributed by atoms with Gasteiger partial charge in [-0.05, 0) is 31.5 Å². The predicted molar refractivity (Wildman–Crippen MR) is 99.0 cm³/mol. The van der Waals surface area contributed by atoms with E-state index in [1.807, 2.05) is 19.1 Å². The lowest BCUT2D eigenvalue weighted by Crippen LogP contribution is -2.08. The van der Waals surface area contributed by atoms with Crippen LogP contribution in [0, 0.1) is 13.8 Å². The van der Waals surface area contributed by atoms with Crippen LogP contribution in [0.5, 0.6) is 11.5 Å². The van der Waals surface area contributed by atoms with Gasteiger partial charge in [-0.15, -0.1) is 0 Å². The molecule has 0 saturated heterocycles.